The van der Waals surface area contributed by atoms with Crippen molar-refractivity contribution >= 4 is 28.5 Å². The summed E-state index contributed by atoms with van der Waals surface area (Å²) in [4.78, 5) is 9.14. The average molecular weight is 315 g/mol. The van der Waals surface area contributed by atoms with Gasteiger partial charge in [0.25, 0.3) is 0 Å². The average Bonchev–Trinajstić information content (AvgIpc) is 3.09. The maximum absolute atomic E-state index is 8.79. The lowest BCUT2D eigenvalue weighted by Crippen LogP contribution is -2.08. The van der Waals surface area contributed by atoms with E-state index in [1.807, 2.05) is 36.4 Å². The predicted molar refractivity (Wildman–Crippen MR) is 90.1 cm³/mol. The molecule has 2 heterocycles. The highest BCUT2D eigenvalue weighted by Crippen LogP contribution is 2.25. The second-order valence-corrected chi connectivity index (χ2v) is 5.88. The lowest BCUT2D eigenvalue weighted by molar-refractivity contribution is 0.322. The fourth-order valence-electron chi connectivity index (χ4n) is 2.14. The van der Waals surface area contributed by atoms with E-state index in [1.54, 1.807) is 18.0 Å². The standard InChI is InChI=1S/C16H17N3O2S/c20-8-11-22-10-7-17-15-12-4-1-2-5-13(12)18-16(19-15)14-6-3-9-21-14/h1-6,9,20H,7-8,10-11H2,(H,17,18,19). The highest BCUT2D eigenvalue weighted by Gasteiger charge is 2.10. The van der Waals surface area contributed by atoms with Gasteiger partial charge in [-0.25, -0.2) is 9.97 Å². The fourth-order valence-corrected chi connectivity index (χ4v) is 2.72. The molecule has 0 amide bonds. The van der Waals surface area contributed by atoms with E-state index in [0.29, 0.717) is 11.6 Å². The Morgan fingerprint density at radius 3 is 2.82 bits per heavy atom. The Labute approximate surface area is 132 Å². The number of hydrogen-bond donors (Lipinski definition) is 2. The van der Waals surface area contributed by atoms with Crippen LogP contribution in [0.25, 0.3) is 22.5 Å². The smallest absolute Gasteiger partial charge is 0.198 e. The molecule has 22 heavy (non-hydrogen) atoms. The van der Waals surface area contributed by atoms with Gasteiger partial charge in [0, 0.05) is 23.4 Å². The molecule has 0 spiro atoms. The van der Waals surface area contributed by atoms with Crippen molar-refractivity contribution in [2.24, 2.45) is 0 Å². The first kappa shape index (κ1) is 14.9. The summed E-state index contributed by atoms with van der Waals surface area (Å²) in [6.45, 7) is 0.993. The molecule has 0 aliphatic rings. The van der Waals surface area contributed by atoms with Crippen molar-refractivity contribution in [2.45, 2.75) is 0 Å². The van der Waals surface area contributed by atoms with Crippen LogP contribution in [0.1, 0.15) is 0 Å². The van der Waals surface area contributed by atoms with Gasteiger partial charge >= 0.3 is 0 Å². The molecule has 2 aromatic heterocycles. The topological polar surface area (TPSA) is 71.2 Å². The summed E-state index contributed by atoms with van der Waals surface area (Å²) in [6, 6.07) is 11.6. The first-order valence-electron chi connectivity index (χ1n) is 7.11. The third-order valence-electron chi connectivity index (χ3n) is 3.12. The zero-order valence-corrected chi connectivity index (χ0v) is 12.8. The Bertz CT molecular complexity index is 731. The van der Waals surface area contributed by atoms with Crippen LogP contribution in [0.15, 0.2) is 47.1 Å². The van der Waals surface area contributed by atoms with Crippen molar-refractivity contribution in [1.82, 2.24) is 9.97 Å². The molecule has 0 saturated heterocycles. The van der Waals surface area contributed by atoms with Crippen LogP contribution in [0.5, 0.6) is 0 Å². The molecule has 0 fully saturated rings. The number of rotatable bonds is 7. The van der Waals surface area contributed by atoms with Gasteiger partial charge < -0.3 is 14.8 Å². The van der Waals surface area contributed by atoms with Crippen molar-refractivity contribution in [3.05, 3.63) is 42.7 Å². The largest absolute Gasteiger partial charge is 0.461 e. The third kappa shape index (κ3) is 3.40. The summed E-state index contributed by atoms with van der Waals surface area (Å²) in [5.74, 6) is 3.71. The van der Waals surface area contributed by atoms with Gasteiger partial charge in [-0.15, -0.1) is 0 Å². The number of benzene rings is 1. The van der Waals surface area contributed by atoms with E-state index in [-0.39, 0.29) is 6.61 Å². The number of nitrogens with one attached hydrogen (secondary N) is 1. The zero-order chi connectivity index (χ0) is 15.2. The van der Waals surface area contributed by atoms with Crippen LogP contribution in [0.4, 0.5) is 5.82 Å². The first-order valence-corrected chi connectivity index (χ1v) is 8.27. The molecule has 6 heteroatoms. The Morgan fingerprint density at radius 2 is 2.00 bits per heavy atom. The number of anilines is 1. The SMILES string of the molecule is OCCSCCNc1nc(-c2ccco2)nc2ccccc12. The van der Waals surface area contributed by atoms with Gasteiger partial charge in [-0.3, -0.25) is 0 Å². The number of aromatic nitrogens is 2. The van der Waals surface area contributed by atoms with Crippen LogP contribution in [0, 0.1) is 0 Å². The minimum absolute atomic E-state index is 0.212. The number of hydrogen-bond acceptors (Lipinski definition) is 6. The highest BCUT2D eigenvalue weighted by atomic mass is 32.2. The molecule has 0 radical (unpaired) electrons. The first-order chi connectivity index (χ1) is 10.9. The molecule has 3 aromatic rings. The number of nitrogens with zero attached hydrogens (tertiary/aromatic N) is 2. The molecule has 1 aromatic carbocycles. The number of furan rings is 1. The van der Waals surface area contributed by atoms with Gasteiger partial charge in [0.2, 0.25) is 0 Å². The van der Waals surface area contributed by atoms with Crippen molar-refractivity contribution < 1.29 is 9.52 Å². The number of aliphatic hydroxyl groups excluding tert-OH is 1. The minimum Gasteiger partial charge on any atom is -0.461 e. The predicted octanol–water partition coefficient (Wildman–Crippen LogP) is 3.03. The summed E-state index contributed by atoms with van der Waals surface area (Å²) in [6.07, 6.45) is 1.62. The molecule has 5 nitrogen and oxygen atoms in total. The van der Waals surface area contributed by atoms with Gasteiger partial charge in [-0.1, -0.05) is 12.1 Å². The van der Waals surface area contributed by atoms with Crippen molar-refractivity contribution in [3.63, 3.8) is 0 Å². The summed E-state index contributed by atoms with van der Waals surface area (Å²) in [7, 11) is 0. The van der Waals surface area contributed by atoms with Gasteiger partial charge in [0.05, 0.1) is 18.4 Å². The van der Waals surface area contributed by atoms with Gasteiger partial charge in [0.1, 0.15) is 5.82 Å². The summed E-state index contributed by atoms with van der Waals surface area (Å²) < 4.78 is 5.40. The molecule has 0 atom stereocenters. The van der Waals surface area contributed by atoms with E-state index < -0.39 is 0 Å². The van der Waals surface area contributed by atoms with Crippen molar-refractivity contribution in [1.29, 1.82) is 0 Å². The molecular formula is C16H17N3O2S. The number of fused-ring (bicyclic) bond motifs is 1. The Hall–Kier alpha value is -2.05. The van der Waals surface area contributed by atoms with Crippen LogP contribution in [0.3, 0.4) is 0 Å². The molecule has 2 N–H and O–H groups in total. The van der Waals surface area contributed by atoms with E-state index in [1.165, 1.54) is 0 Å². The molecule has 0 bridgehead atoms. The van der Waals surface area contributed by atoms with Crippen molar-refractivity contribution in [3.8, 4) is 11.6 Å². The van der Waals surface area contributed by atoms with Crippen molar-refractivity contribution in [2.75, 3.05) is 30.0 Å². The second-order valence-electron chi connectivity index (χ2n) is 4.65. The lowest BCUT2D eigenvalue weighted by atomic mass is 10.2. The van der Waals surface area contributed by atoms with Gasteiger partial charge in [-0.05, 0) is 24.3 Å². The van der Waals surface area contributed by atoms with Gasteiger partial charge in [0.15, 0.2) is 11.6 Å². The van der Waals surface area contributed by atoms with E-state index >= 15 is 0 Å². The normalized spacial score (nSPS) is 11.0. The van der Waals surface area contributed by atoms with Crippen LogP contribution < -0.4 is 5.32 Å². The molecule has 114 valence electrons. The zero-order valence-electron chi connectivity index (χ0n) is 12.0. The lowest BCUT2D eigenvalue weighted by Gasteiger charge is -2.10. The van der Waals surface area contributed by atoms with E-state index in [9.17, 15) is 0 Å². The summed E-state index contributed by atoms with van der Waals surface area (Å²) in [5.41, 5.74) is 0.884. The quantitative estimate of drug-likeness (QED) is 0.653. The summed E-state index contributed by atoms with van der Waals surface area (Å²) in [5, 5.41) is 13.1. The van der Waals surface area contributed by atoms with E-state index in [2.05, 4.69) is 15.3 Å². The molecule has 0 aliphatic heterocycles. The van der Waals surface area contributed by atoms with E-state index in [0.717, 1.165) is 34.8 Å². The Kier molecular flexibility index (Phi) is 4.92. The molecule has 0 aliphatic carbocycles. The number of aliphatic hydroxyl groups is 1. The Morgan fingerprint density at radius 1 is 1.09 bits per heavy atom. The number of thioether (sulfide) groups is 1. The van der Waals surface area contributed by atoms with Crippen LogP contribution in [-0.2, 0) is 0 Å². The maximum Gasteiger partial charge on any atom is 0.198 e. The minimum atomic E-state index is 0.212. The Balaban J connectivity index is 1.86. The monoisotopic (exact) mass is 315 g/mol. The number of para-hydroxylation sites is 1. The molecule has 3 rings (SSSR count). The molecule has 0 unspecified atom stereocenters. The van der Waals surface area contributed by atoms with Crippen LogP contribution >= 0.6 is 11.8 Å². The van der Waals surface area contributed by atoms with Gasteiger partial charge in [-0.2, -0.15) is 11.8 Å². The third-order valence-corrected chi connectivity index (χ3v) is 4.08. The fraction of sp³-hybridized carbons (Fsp3) is 0.250. The molecular weight excluding hydrogens is 298 g/mol. The maximum atomic E-state index is 8.79. The molecule has 0 saturated carbocycles. The second kappa shape index (κ2) is 7.29. The highest BCUT2D eigenvalue weighted by molar-refractivity contribution is 7.99. The summed E-state index contributed by atoms with van der Waals surface area (Å²) >= 11 is 1.71. The van der Waals surface area contributed by atoms with E-state index in [4.69, 9.17) is 9.52 Å². The van der Waals surface area contributed by atoms with Crippen LogP contribution in [0.2, 0.25) is 0 Å². The van der Waals surface area contributed by atoms with Crippen LogP contribution in [-0.4, -0.2) is 39.7 Å².